The van der Waals surface area contributed by atoms with E-state index in [4.69, 9.17) is 15.3 Å². The minimum atomic E-state index is -0.454. The maximum Gasteiger partial charge on any atom is 0.262 e. The maximum atomic E-state index is 11.1. The van der Waals surface area contributed by atoms with E-state index < -0.39 is 6.10 Å². The first-order valence-corrected chi connectivity index (χ1v) is 5.01. The van der Waals surface area contributed by atoms with Crippen molar-refractivity contribution in [1.82, 2.24) is 5.43 Å². The predicted molar refractivity (Wildman–Crippen MR) is 51.3 cm³/mol. The van der Waals surface area contributed by atoms with Gasteiger partial charge in [0.1, 0.15) is 6.10 Å². The Morgan fingerprint density at radius 1 is 1.79 bits per heavy atom. The van der Waals surface area contributed by atoms with E-state index in [2.05, 4.69) is 5.43 Å². The van der Waals surface area contributed by atoms with Crippen LogP contribution in [-0.2, 0) is 14.3 Å². The van der Waals surface area contributed by atoms with Gasteiger partial charge in [0.15, 0.2) is 0 Å². The number of amides is 1. The van der Waals surface area contributed by atoms with E-state index in [1.165, 1.54) is 0 Å². The minimum Gasteiger partial charge on any atom is -0.376 e. The van der Waals surface area contributed by atoms with Gasteiger partial charge >= 0.3 is 0 Å². The van der Waals surface area contributed by atoms with Gasteiger partial charge in [0.2, 0.25) is 0 Å². The smallest absolute Gasteiger partial charge is 0.262 e. The Morgan fingerprint density at radius 3 is 3.07 bits per heavy atom. The molecule has 0 aromatic rings. The van der Waals surface area contributed by atoms with Gasteiger partial charge in [-0.25, -0.2) is 5.84 Å². The molecule has 0 aromatic heterocycles. The van der Waals surface area contributed by atoms with Gasteiger partial charge in [-0.1, -0.05) is 6.92 Å². The van der Waals surface area contributed by atoms with E-state index in [0.29, 0.717) is 13.0 Å². The fourth-order valence-corrected chi connectivity index (χ4v) is 1.47. The van der Waals surface area contributed by atoms with E-state index in [-0.39, 0.29) is 12.0 Å². The molecular weight excluding hydrogens is 184 g/mol. The SMILES string of the molecule is CCC(OCC1CCCO1)C(=O)NN. The van der Waals surface area contributed by atoms with E-state index >= 15 is 0 Å². The third kappa shape index (κ3) is 3.25. The first-order chi connectivity index (χ1) is 6.77. The maximum absolute atomic E-state index is 11.1. The third-order valence-corrected chi connectivity index (χ3v) is 2.31. The highest BCUT2D eigenvalue weighted by Crippen LogP contribution is 2.13. The lowest BCUT2D eigenvalue weighted by Gasteiger charge is -2.16. The first-order valence-electron chi connectivity index (χ1n) is 5.01. The fraction of sp³-hybridized carbons (Fsp3) is 0.889. The summed E-state index contributed by atoms with van der Waals surface area (Å²) >= 11 is 0. The molecule has 0 aliphatic carbocycles. The van der Waals surface area contributed by atoms with Crippen molar-refractivity contribution in [2.24, 2.45) is 5.84 Å². The molecule has 3 N–H and O–H groups in total. The zero-order chi connectivity index (χ0) is 10.4. The van der Waals surface area contributed by atoms with Crippen molar-refractivity contribution in [3.8, 4) is 0 Å². The second-order valence-corrected chi connectivity index (χ2v) is 3.37. The van der Waals surface area contributed by atoms with Gasteiger partial charge in [0.25, 0.3) is 5.91 Å². The highest BCUT2D eigenvalue weighted by atomic mass is 16.5. The van der Waals surface area contributed by atoms with Crippen LogP contribution < -0.4 is 11.3 Å². The van der Waals surface area contributed by atoms with Gasteiger partial charge in [0, 0.05) is 6.61 Å². The minimum absolute atomic E-state index is 0.148. The summed E-state index contributed by atoms with van der Waals surface area (Å²) in [7, 11) is 0. The molecule has 0 radical (unpaired) electrons. The van der Waals surface area contributed by atoms with E-state index in [1.54, 1.807) is 0 Å². The zero-order valence-corrected chi connectivity index (χ0v) is 8.49. The van der Waals surface area contributed by atoms with Crippen molar-refractivity contribution < 1.29 is 14.3 Å². The topological polar surface area (TPSA) is 73.6 Å². The van der Waals surface area contributed by atoms with Crippen LogP contribution in [-0.4, -0.2) is 31.3 Å². The summed E-state index contributed by atoms with van der Waals surface area (Å²) < 4.78 is 10.8. The van der Waals surface area contributed by atoms with Crippen molar-refractivity contribution in [1.29, 1.82) is 0 Å². The molecule has 0 saturated carbocycles. The summed E-state index contributed by atoms with van der Waals surface area (Å²) in [6.07, 6.45) is 2.41. The molecule has 14 heavy (non-hydrogen) atoms. The summed E-state index contributed by atoms with van der Waals surface area (Å²) in [6, 6.07) is 0. The molecular formula is C9H18N2O3. The van der Waals surface area contributed by atoms with Crippen molar-refractivity contribution in [2.75, 3.05) is 13.2 Å². The number of ether oxygens (including phenoxy) is 2. The molecule has 2 unspecified atom stereocenters. The Kier molecular flexibility index (Phi) is 4.86. The zero-order valence-electron chi connectivity index (χ0n) is 8.49. The van der Waals surface area contributed by atoms with Gasteiger partial charge in [0.05, 0.1) is 12.7 Å². The van der Waals surface area contributed by atoms with Crippen LogP contribution in [0.3, 0.4) is 0 Å². The quantitative estimate of drug-likeness (QED) is 0.372. The molecule has 1 aliphatic rings. The number of rotatable bonds is 5. The Balaban J connectivity index is 2.22. The molecule has 5 heteroatoms. The van der Waals surface area contributed by atoms with Crippen LogP contribution in [0.2, 0.25) is 0 Å². The first kappa shape index (κ1) is 11.4. The normalized spacial score (nSPS) is 23.4. The summed E-state index contributed by atoms with van der Waals surface area (Å²) in [5, 5.41) is 0. The lowest BCUT2D eigenvalue weighted by atomic mass is 10.2. The van der Waals surface area contributed by atoms with Crippen LogP contribution in [0, 0.1) is 0 Å². The number of hydrogen-bond donors (Lipinski definition) is 2. The average molecular weight is 202 g/mol. The summed E-state index contributed by atoms with van der Waals surface area (Å²) in [4.78, 5) is 11.1. The molecule has 1 fully saturated rings. The second-order valence-electron chi connectivity index (χ2n) is 3.37. The molecule has 1 rings (SSSR count). The fourth-order valence-electron chi connectivity index (χ4n) is 1.47. The molecule has 82 valence electrons. The number of carbonyl (C=O) groups is 1. The number of hydrazine groups is 1. The van der Waals surface area contributed by atoms with Crippen LogP contribution in [0.1, 0.15) is 26.2 Å². The number of hydrogen-bond acceptors (Lipinski definition) is 4. The van der Waals surface area contributed by atoms with Gasteiger partial charge in [-0.3, -0.25) is 10.2 Å². The molecule has 5 nitrogen and oxygen atoms in total. The molecule has 1 heterocycles. The largest absolute Gasteiger partial charge is 0.376 e. The van der Waals surface area contributed by atoms with E-state index in [9.17, 15) is 4.79 Å². The Morgan fingerprint density at radius 2 is 2.57 bits per heavy atom. The van der Waals surface area contributed by atoms with Gasteiger partial charge in [-0.15, -0.1) is 0 Å². The Hall–Kier alpha value is -0.650. The van der Waals surface area contributed by atoms with Crippen LogP contribution in [0.4, 0.5) is 0 Å². The van der Waals surface area contributed by atoms with Crippen molar-refractivity contribution in [3.05, 3.63) is 0 Å². The van der Waals surface area contributed by atoms with Gasteiger partial charge < -0.3 is 9.47 Å². The predicted octanol–water partition coefficient (Wildman–Crippen LogP) is -0.0495. The van der Waals surface area contributed by atoms with Gasteiger partial charge in [-0.05, 0) is 19.3 Å². The molecule has 0 bridgehead atoms. The Labute approximate surface area is 83.9 Å². The van der Waals surface area contributed by atoms with E-state index in [1.807, 2.05) is 6.92 Å². The average Bonchev–Trinajstić information content (AvgIpc) is 2.71. The molecule has 1 amide bonds. The molecule has 1 saturated heterocycles. The standard InChI is InChI=1S/C9H18N2O3/c1-2-8(9(12)11-10)14-6-7-4-3-5-13-7/h7-8H,2-6,10H2,1H3,(H,11,12). The highest BCUT2D eigenvalue weighted by molar-refractivity contribution is 5.79. The summed E-state index contributed by atoms with van der Waals surface area (Å²) in [6.45, 7) is 3.16. The van der Waals surface area contributed by atoms with Crippen LogP contribution in [0.25, 0.3) is 0 Å². The number of nitrogens with two attached hydrogens (primary N) is 1. The molecule has 0 spiro atoms. The van der Waals surface area contributed by atoms with Crippen molar-refractivity contribution in [3.63, 3.8) is 0 Å². The summed E-state index contributed by atoms with van der Waals surface area (Å²) in [5.74, 6) is 4.75. The Bertz CT molecular complexity index is 181. The van der Waals surface area contributed by atoms with Crippen LogP contribution in [0.15, 0.2) is 0 Å². The third-order valence-electron chi connectivity index (χ3n) is 2.31. The number of nitrogens with one attached hydrogen (secondary N) is 1. The van der Waals surface area contributed by atoms with Crippen molar-refractivity contribution in [2.45, 2.75) is 38.4 Å². The lowest BCUT2D eigenvalue weighted by molar-refractivity contribution is -0.135. The highest BCUT2D eigenvalue weighted by Gasteiger charge is 2.20. The van der Waals surface area contributed by atoms with Crippen molar-refractivity contribution >= 4 is 5.91 Å². The lowest BCUT2D eigenvalue weighted by Crippen LogP contribution is -2.41. The molecule has 0 aromatic carbocycles. The van der Waals surface area contributed by atoms with Crippen LogP contribution >= 0.6 is 0 Å². The van der Waals surface area contributed by atoms with Gasteiger partial charge in [-0.2, -0.15) is 0 Å². The second kappa shape index (κ2) is 5.95. The molecule has 2 atom stereocenters. The number of carbonyl (C=O) groups excluding carboxylic acids is 1. The molecule has 1 aliphatic heterocycles. The summed E-state index contributed by atoms with van der Waals surface area (Å²) in [5.41, 5.74) is 2.09. The van der Waals surface area contributed by atoms with Crippen LogP contribution in [0.5, 0.6) is 0 Å². The monoisotopic (exact) mass is 202 g/mol. The van der Waals surface area contributed by atoms with E-state index in [0.717, 1.165) is 19.4 Å².